The molecule has 0 fully saturated rings. The van der Waals surface area contributed by atoms with Gasteiger partial charge in [0.15, 0.2) is 11.5 Å². The van der Waals surface area contributed by atoms with E-state index in [0.717, 1.165) is 0 Å². The van der Waals surface area contributed by atoms with Crippen molar-refractivity contribution in [2.24, 2.45) is 0 Å². The van der Waals surface area contributed by atoms with Crippen LogP contribution < -0.4 is 9.47 Å². The third kappa shape index (κ3) is 3.26. The van der Waals surface area contributed by atoms with Crippen molar-refractivity contribution < 1.29 is 17.9 Å². The van der Waals surface area contributed by atoms with Gasteiger partial charge in [-0.1, -0.05) is 15.9 Å². The van der Waals surface area contributed by atoms with Crippen LogP contribution in [0.3, 0.4) is 0 Å². The minimum absolute atomic E-state index is 0.324. The van der Waals surface area contributed by atoms with Gasteiger partial charge in [-0.25, -0.2) is 8.42 Å². The molecule has 4 nitrogen and oxygen atoms in total. The molecule has 0 aromatic heterocycles. The minimum Gasteiger partial charge on any atom is -0.493 e. The molecule has 0 atom stereocenters. The summed E-state index contributed by atoms with van der Waals surface area (Å²) in [5, 5.41) is 0. The quantitative estimate of drug-likeness (QED) is 0.797. The normalized spacial score (nSPS) is 11.2. The van der Waals surface area contributed by atoms with Gasteiger partial charge in [0, 0.05) is 20.7 Å². The van der Waals surface area contributed by atoms with Crippen LogP contribution in [0.1, 0.15) is 5.56 Å². The van der Waals surface area contributed by atoms with Crippen LogP contribution in [0.25, 0.3) is 0 Å². The molecule has 7 heteroatoms. The average Bonchev–Trinajstić information content (AvgIpc) is 2.19. The van der Waals surface area contributed by atoms with Gasteiger partial charge in [0.25, 0.3) is 0 Å². The van der Waals surface area contributed by atoms with Gasteiger partial charge in [0.05, 0.1) is 20.0 Å². The van der Waals surface area contributed by atoms with E-state index < -0.39 is 9.05 Å². The molecule has 0 aliphatic carbocycles. The van der Waals surface area contributed by atoms with Crippen molar-refractivity contribution in [1.29, 1.82) is 0 Å². The van der Waals surface area contributed by atoms with E-state index in [1.807, 2.05) is 0 Å². The number of halogens is 2. The Morgan fingerprint density at radius 3 is 2.38 bits per heavy atom. The zero-order valence-corrected chi connectivity index (χ0v) is 11.8. The monoisotopic (exact) mass is 328 g/mol. The molecule has 1 aromatic carbocycles. The third-order valence-electron chi connectivity index (χ3n) is 1.91. The molecular formula is C9H10BrClO4S. The number of ether oxygens (including phenoxy) is 2. The second-order valence-electron chi connectivity index (χ2n) is 2.94. The minimum atomic E-state index is -3.65. The van der Waals surface area contributed by atoms with Crippen molar-refractivity contribution in [1.82, 2.24) is 0 Å². The summed E-state index contributed by atoms with van der Waals surface area (Å²) in [4.78, 5) is 0. The summed E-state index contributed by atoms with van der Waals surface area (Å²) in [5.74, 6) is 0.498. The molecule has 0 aliphatic heterocycles. The topological polar surface area (TPSA) is 52.6 Å². The molecule has 0 heterocycles. The van der Waals surface area contributed by atoms with E-state index in [0.29, 0.717) is 21.5 Å². The molecule has 0 aliphatic rings. The Hall–Kier alpha value is -0.460. The Morgan fingerprint density at radius 1 is 1.31 bits per heavy atom. The van der Waals surface area contributed by atoms with E-state index in [1.54, 1.807) is 12.1 Å². The van der Waals surface area contributed by atoms with Crippen LogP contribution >= 0.6 is 26.6 Å². The van der Waals surface area contributed by atoms with Gasteiger partial charge in [-0.2, -0.15) is 0 Å². The molecule has 0 amide bonds. The lowest BCUT2D eigenvalue weighted by Gasteiger charge is -2.13. The maximum absolute atomic E-state index is 11.1. The smallest absolute Gasteiger partial charge is 0.236 e. The van der Waals surface area contributed by atoms with Gasteiger partial charge in [0.2, 0.25) is 9.05 Å². The van der Waals surface area contributed by atoms with E-state index in [9.17, 15) is 8.42 Å². The molecule has 0 radical (unpaired) electrons. The van der Waals surface area contributed by atoms with Crippen LogP contribution in [-0.2, 0) is 14.8 Å². The Labute approximate surface area is 107 Å². The lowest BCUT2D eigenvalue weighted by Crippen LogP contribution is -2.01. The first-order valence-electron chi connectivity index (χ1n) is 4.20. The first-order valence-corrected chi connectivity index (χ1v) is 7.48. The van der Waals surface area contributed by atoms with Crippen molar-refractivity contribution in [3.05, 3.63) is 22.2 Å². The third-order valence-corrected chi connectivity index (χ3v) is 3.61. The van der Waals surface area contributed by atoms with Crippen LogP contribution in [0.4, 0.5) is 0 Å². The predicted octanol–water partition coefficient (Wildman–Crippen LogP) is 2.53. The standard InChI is InChI=1S/C9H10BrClO4S/c1-14-8-4-3-7(10)6(9(8)15-2)5-16(11,12)13/h3-4H,5H2,1-2H3. The lowest BCUT2D eigenvalue weighted by molar-refractivity contribution is 0.352. The number of methoxy groups -OCH3 is 2. The highest BCUT2D eigenvalue weighted by Gasteiger charge is 2.18. The molecule has 1 rings (SSSR count). The maximum Gasteiger partial charge on any atom is 0.236 e. The fourth-order valence-electron chi connectivity index (χ4n) is 1.27. The van der Waals surface area contributed by atoms with Crippen LogP contribution in [-0.4, -0.2) is 22.6 Å². The summed E-state index contributed by atoms with van der Waals surface area (Å²) in [6, 6.07) is 3.35. The first-order chi connectivity index (χ1) is 7.39. The highest BCUT2D eigenvalue weighted by molar-refractivity contribution is 9.10. The van der Waals surface area contributed by atoms with Crippen LogP contribution in [0.2, 0.25) is 0 Å². The van der Waals surface area contributed by atoms with Crippen molar-refractivity contribution in [2.45, 2.75) is 5.75 Å². The van der Waals surface area contributed by atoms with E-state index >= 15 is 0 Å². The van der Waals surface area contributed by atoms with Crippen LogP contribution in [0.15, 0.2) is 16.6 Å². The highest BCUT2D eigenvalue weighted by Crippen LogP contribution is 2.37. The molecule has 0 bridgehead atoms. The number of hydrogen-bond acceptors (Lipinski definition) is 4. The molecule has 16 heavy (non-hydrogen) atoms. The summed E-state index contributed by atoms with van der Waals surface area (Å²) in [6.45, 7) is 0. The van der Waals surface area contributed by atoms with E-state index in [-0.39, 0.29) is 5.75 Å². The molecule has 0 N–H and O–H groups in total. The Bertz CT molecular complexity index is 487. The lowest BCUT2D eigenvalue weighted by atomic mass is 10.2. The van der Waals surface area contributed by atoms with Gasteiger partial charge in [0.1, 0.15) is 0 Å². The molecule has 0 spiro atoms. The van der Waals surface area contributed by atoms with E-state index in [1.165, 1.54) is 14.2 Å². The molecule has 0 saturated carbocycles. The van der Waals surface area contributed by atoms with Crippen molar-refractivity contribution in [3.63, 3.8) is 0 Å². The highest BCUT2D eigenvalue weighted by atomic mass is 79.9. The second-order valence-corrected chi connectivity index (χ2v) is 6.58. The zero-order chi connectivity index (χ0) is 12.3. The van der Waals surface area contributed by atoms with E-state index in [4.69, 9.17) is 20.2 Å². The average molecular weight is 330 g/mol. The van der Waals surface area contributed by atoms with Crippen molar-refractivity contribution >= 4 is 35.7 Å². The first kappa shape index (κ1) is 13.6. The van der Waals surface area contributed by atoms with Crippen molar-refractivity contribution in [2.75, 3.05) is 14.2 Å². The Kier molecular flexibility index (Phi) is 4.46. The summed E-state index contributed by atoms with van der Waals surface area (Å²) in [7, 11) is 4.48. The summed E-state index contributed by atoms with van der Waals surface area (Å²) < 4.78 is 32.9. The summed E-state index contributed by atoms with van der Waals surface area (Å²) in [6.07, 6.45) is 0. The summed E-state index contributed by atoms with van der Waals surface area (Å²) in [5.41, 5.74) is 0.442. The SMILES string of the molecule is COc1ccc(Br)c(CS(=O)(=O)Cl)c1OC. The molecule has 1 aromatic rings. The van der Waals surface area contributed by atoms with Crippen LogP contribution in [0, 0.1) is 0 Å². The Morgan fingerprint density at radius 2 is 1.94 bits per heavy atom. The van der Waals surface area contributed by atoms with Gasteiger partial charge >= 0.3 is 0 Å². The fourth-order valence-corrected chi connectivity index (χ4v) is 2.87. The van der Waals surface area contributed by atoms with Crippen molar-refractivity contribution in [3.8, 4) is 11.5 Å². The van der Waals surface area contributed by atoms with Gasteiger partial charge in [-0.05, 0) is 12.1 Å². The van der Waals surface area contributed by atoms with Crippen LogP contribution in [0.5, 0.6) is 11.5 Å². The zero-order valence-electron chi connectivity index (χ0n) is 8.66. The molecule has 0 unspecified atom stereocenters. The molecular weight excluding hydrogens is 320 g/mol. The fraction of sp³-hybridized carbons (Fsp3) is 0.333. The predicted molar refractivity (Wildman–Crippen MR) is 65.7 cm³/mol. The molecule has 90 valence electrons. The maximum atomic E-state index is 11.1. The number of benzene rings is 1. The number of hydrogen-bond donors (Lipinski definition) is 0. The molecule has 0 saturated heterocycles. The van der Waals surface area contributed by atoms with Gasteiger partial charge < -0.3 is 9.47 Å². The van der Waals surface area contributed by atoms with Gasteiger partial charge in [-0.3, -0.25) is 0 Å². The Balaban J connectivity index is 3.34. The largest absolute Gasteiger partial charge is 0.493 e. The summed E-state index contributed by atoms with van der Waals surface area (Å²) >= 11 is 3.25. The van der Waals surface area contributed by atoms with Gasteiger partial charge in [-0.15, -0.1) is 0 Å². The second kappa shape index (κ2) is 5.25. The van der Waals surface area contributed by atoms with E-state index in [2.05, 4.69) is 15.9 Å². The number of rotatable bonds is 4.